The van der Waals surface area contributed by atoms with Gasteiger partial charge in [-0.1, -0.05) is 19.8 Å². The predicted molar refractivity (Wildman–Crippen MR) is 97.1 cm³/mol. The van der Waals surface area contributed by atoms with E-state index < -0.39 is 58.5 Å². The summed E-state index contributed by atoms with van der Waals surface area (Å²) in [4.78, 5) is 60.9. The summed E-state index contributed by atoms with van der Waals surface area (Å²) in [6, 6.07) is 1.28. The summed E-state index contributed by atoms with van der Waals surface area (Å²) in [6.45, 7) is 1.10. The molecule has 5 amide bonds. The number of hydrogen-bond acceptors (Lipinski definition) is 6. The van der Waals surface area contributed by atoms with Crippen molar-refractivity contribution >= 4 is 35.1 Å². The smallest absolute Gasteiger partial charge is 0.322 e. The molecule has 0 spiro atoms. The molecule has 2 fully saturated rings. The zero-order chi connectivity index (χ0) is 21.3. The first kappa shape index (κ1) is 20.4. The number of nitrogens with zero attached hydrogens (tertiary/aromatic N) is 3. The number of carbonyl (C=O) groups is 4. The summed E-state index contributed by atoms with van der Waals surface area (Å²) in [5, 5.41) is 12.9. The molecule has 0 bridgehead atoms. The van der Waals surface area contributed by atoms with Crippen molar-refractivity contribution in [3.05, 3.63) is 34.1 Å². The third-order valence-electron chi connectivity index (χ3n) is 5.22. The van der Waals surface area contributed by atoms with Crippen LogP contribution >= 0.6 is 0 Å². The van der Waals surface area contributed by atoms with Gasteiger partial charge in [-0.05, 0) is 24.8 Å². The van der Waals surface area contributed by atoms with Gasteiger partial charge in [0, 0.05) is 18.2 Å². The van der Waals surface area contributed by atoms with E-state index in [4.69, 9.17) is 0 Å². The highest BCUT2D eigenvalue weighted by Crippen LogP contribution is 2.31. The molecule has 1 saturated carbocycles. The molecule has 0 aromatic heterocycles. The van der Waals surface area contributed by atoms with Crippen LogP contribution in [0.15, 0.2) is 18.2 Å². The van der Waals surface area contributed by atoms with Crippen LogP contribution in [0, 0.1) is 21.8 Å². The average Bonchev–Trinajstić information content (AvgIpc) is 2.87. The van der Waals surface area contributed by atoms with Gasteiger partial charge in [-0.15, -0.1) is 0 Å². The fourth-order valence-corrected chi connectivity index (χ4v) is 3.69. The Morgan fingerprint density at radius 3 is 2.59 bits per heavy atom. The normalized spacial score (nSPS) is 22.2. The standard InChI is InChI=1S/C18H19FN4O6/c1-10-4-2-3-5-14(10)22-17(26)16(25)21(18(22)27)9-15(24)20-13-8-11(23(28)29)6-7-12(13)19/h6-8,10,14H,2-5,9H2,1H3,(H,20,24)/t10-,14-/m0/s1. The highest BCUT2D eigenvalue weighted by atomic mass is 19.1. The number of non-ortho nitro benzene ring substituents is 1. The second kappa shape index (κ2) is 7.94. The molecule has 0 unspecified atom stereocenters. The summed E-state index contributed by atoms with van der Waals surface area (Å²) in [5.74, 6) is -3.95. The van der Waals surface area contributed by atoms with Gasteiger partial charge in [0.2, 0.25) is 5.91 Å². The Bertz CT molecular complexity index is 904. The van der Waals surface area contributed by atoms with Gasteiger partial charge in [-0.3, -0.25) is 29.4 Å². The number of nitro groups is 1. The number of hydrogen-bond donors (Lipinski definition) is 1. The van der Waals surface area contributed by atoms with E-state index in [1.165, 1.54) is 0 Å². The number of anilines is 1. The van der Waals surface area contributed by atoms with E-state index >= 15 is 0 Å². The van der Waals surface area contributed by atoms with Crippen molar-refractivity contribution in [1.29, 1.82) is 0 Å². The topological polar surface area (TPSA) is 130 Å². The zero-order valence-corrected chi connectivity index (χ0v) is 15.6. The number of imide groups is 2. The third kappa shape index (κ3) is 3.93. The number of halogens is 1. The molecule has 154 valence electrons. The molecule has 1 aliphatic carbocycles. The number of urea groups is 1. The average molecular weight is 406 g/mol. The van der Waals surface area contributed by atoms with Crippen LogP contribution in [0.25, 0.3) is 0 Å². The molecule has 1 N–H and O–H groups in total. The van der Waals surface area contributed by atoms with Crippen LogP contribution < -0.4 is 5.32 Å². The molecule has 3 rings (SSSR count). The van der Waals surface area contributed by atoms with Crippen molar-refractivity contribution in [3.63, 3.8) is 0 Å². The number of carbonyl (C=O) groups excluding carboxylic acids is 4. The summed E-state index contributed by atoms with van der Waals surface area (Å²) < 4.78 is 13.8. The van der Waals surface area contributed by atoms with E-state index in [1.54, 1.807) is 0 Å². The minimum atomic E-state index is -1.12. The molecule has 1 aromatic carbocycles. The van der Waals surface area contributed by atoms with Crippen LogP contribution in [-0.4, -0.2) is 51.1 Å². The van der Waals surface area contributed by atoms with Gasteiger partial charge in [0.25, 0.3) is 5.69 Å². The molecular formula is C18H19FN4O6. The van der Waals surface area contributed by atoms with E-state index in [9.17, 15) is 33.7 Å². The number of amides is 5. The van der Waals surface area contributed by atoms with E-state index in [0.717, 1.165) is 42.4 Å². The van der Waals surface area contributed by atoms with Crippen molar-refractivity contribution in [2.24, 2.45) is 5.92 Å². The van der Waals surface area contributed by atoms with Crippen LogP contribution in [0.1, 0.15) is 32.6 Å². The zero-order valence-electron chi connectivity index (χ0n) is 15.6. The van der Waals surface area contributed by atoms with Gasteiger partial charge in [0.05, 0.1) is 10.6 Å². The van der Waals surface area contributed by atoms with Crippen molar-refractivity contribution in [2.45, 2.75) is 38.6 Å². The van der Waals surface area contributed by atoms with Crippen LogP contribution in [0.5, 0.6) is 0 Å². The maximum absolute atomic E-state index is 13.8. The molecule has 1 heterocycles. The van der Waals surface area contributed by atoms with Gasteiger partial charge >= 0.3 is 17.8 Å². The third-order valence-corrected chi connectivity index (χ3v) is 5.22. The minimum Gasteiger partial charge on any atom is -0.322 e. The minimum absolute atomic E-state index is 0.0391. The first-order valence-electron chi connectivity index (χ1n) is 9.13. The quantitative estimate of drug-likeness (QED) is 0.345. The summed E-state index contributed by atoms with van der Waals surface area (Å²) in [6.07, 6.45) is 3.21. The summed E-state index contributed by atoms with van der Waals surface area (Å²) in [5.41, 5.74) is -0.907. The second-order valence-corrected chi connectivity index (χ2v) is 7.15. The molecule has 0 radical (unpaired) electrons. The van der Waals surface area contributed by atoms with Gasteiger partial charge in [-0.25, -0.2) is 14.1 Å². The van der Waals surface area contributed by atoms with Gasteiger partial charge in [0.15, 0.2) is 0 Å². The maximum atomic E-state index is 13.8. The Morgan fingerprint density at radius 1 is 1.24 bits per heavy atom. The lowest BCUT2D eigenvalue weighted by Gasteiger charge is -2.34. The Morgan fingerprint density at radius 2 is 1.93 bits per heavy atom. The lowest BCUT2D eigenvalue weighted by atomic mass is 9.85. The van der Waals surface area contributed by atoms with Crippen LogP contribution in [0.3, 0.4) is 0 Å². The fraction of sp³-hybridized carbons (Fsp3) is 0.444. The van der Waals surface area contributed by atoms with E-state index in [0.29, 0.717) is 11.3 Å². The molecule has 11 heteroatoms. The predicted octanol–water partition coefficient (Wildman–Crippen LogP) is 2.04. The summed E-state index contributed by atoms with van der Waals surface area (Å²) in [7, 11) is 0. The monoisotopic (exact) mass is 406 g/mol. The Kier molecular flexibility index (Phi) is 5.57. The molecule has 10 nitrogen and oxygen atoms in total. The fourth-order valence-electron chi connectivity index (χ4n) is 3.69. The van der Waals surface area contributed by atoms with Gasteiger partial charge in [-0.2, -0.15) is 0 Å². The number of nitrogens with one attached hydrogen (secondary N) is 1. The van der Waals surface area contributed by atoms with Crippen molar-refractivity contribution in [2.75, 3.05) is 11.9 Å². The summed E-state index contributed by atoms with van der Waals surface area (Å²) >= 11 is 0. The highest BCUT2D eigenvalue weighted by molar-refractivity contribution is 6.45. The Labute approximate surface area is 164 Å². The molecule has 2 atom stereocenters. The van der Waals surface area contributed by atoms with E-state index in [1.807, 2.05) is 6.92 Å². The van der Waals surface area contributed by atoms with E-state index in [-0.39, 0.29) is 5.92 Å². The molecule has 29 heavy (non-hydrogen) atoms. The molecule has 1 aromatic rings. The Balaban J connectivity index is 1.73. The van der Waals surface area contributed by atoms with Crippen molar-refractivity contribution < 1.29 is 28.5 Å². The SMILES string of the molecule is C[C@H]1CCCC[C@@H]1N1C(=O)C(=O)N(CC(=O)Nc2cc([N+](=O)[O-])ccc2F)C1=O. The lowest BCUT2D eigenvalue weighted by Crippen LogP contribution is -2.46. The highest BCUT2D eigenvalue weighted by Gasteiger charge is 2.49. The van der Waals surface area contributed by atoms with Gasteiger partial charge < -0.3 is 5.32 Å². The Hall–Kier alpha value is -3.37. The maximum Gasteiger partial charge on any atom is 0.334 e. The van der Waals surface area contributed by atoms with Crippen LogP contribution in [-0.2, 0) is 14.4 Å². The van der Waals surface area contributed by atoms with Crippen molar-refractivity contribution in [3.8, 4) is 0 Å². The molecule has 1 aliphatic heterocycles. The second-order valence-electron chi connectivity index (χ2n) is 7.15. The van der Waals surface area contributed by atoms with Gasteiger partial charge in [0.1, 0.15) is 12.4 Å². The van der Waals surface area contributed by atoms with Crippen LogP contribution in [0.4, 0.5) is 20.6 Å². The van der Waals surface area contributed by atoms with Crippen molar-refractivity contribution in [1.82, 2.24) is 9.80 Å². The number of benzene rings is 1. The first-order chi connectivity index (χ1) is 13.7. The largest absolute Gasteiger partial charge is 0.334 e. The molecule has 1 saturated heterocycles. The molecular weight excluding hydrogens is 387 g/mol. The molecule has 2 aliphatic rings. The number of rotatable bonds is 5. The van der Waals surface area contributed by atoms with E-state index in [2.05, 4.69) is 5.32 Å². The lowest BCUT2D eigenvalue weighted by molar-refractivity contribution is -0.384. The number of nitro benzene ring substituents is 1. The first-order valence-corrected chi connectivity index (χ1v) is 9.13. The van der Waals surface area contributed by atoms with Crippen LogP contribution in [0.2, 0.25) is 0 Å².